The summed E-state index contributed by atoms with van der Waals surface area (Å²) < 4.78 is 41.9. The molecule has 1 aromatic heterocycles. The number of benzene rings is 1. The van der Waals surface area contributed by atoms with E-state index in [-0.39, 0.29) is 28.4 Å². The molecule has 0 bridgehead atoms. The molecular formula is C20H25F3N4O. The molecule has 0 spiro atoms. The average molecular weight is 394 g/mol. The Morgan fingerprint density at radius 1 is 1.00 bits per heavy atom. The van der Waals surface area contributed by atoms with Gasteiger partial charge in [-0.1, -0.05) is 12.1 Å². The molecule has 0 aliphatic carbocycles. The molecule has 5 nitrogen and oxygen atoms in total. The van der Waals surface area contributed by atoms with Crippen molar-refractivity contribution < 1.29 is 17.9 Å². The van der Waals surface area contributed by atoms with Crippen LogP contribution in [0.25, 0.3) is 11.3 Å². The van der Waals surface area contributed by atoms with Crippen molar-refractivity contribution in [3.05, 3.63) is 36.4 Å². The molecule has 152 valence electrons. The number of aromatic nitrogens is 2. The van der Waals surface area contributed by atoms with Crippen LogP contribution in [0.4, 0.5) is 19.0 Å². The third kappa shape index (κ3) is 5.34. The Kier molecular flexibility index (Phi) is 5.27. The molecular weight excluding hydrogens is 369 g/mol. The second-order valence-corrected chi connectivity index (χ2v) is 8.49. The van der Waals surface area contributed by atoms with Gasteiger partial charge in [-0.25, -0.2) is 0 Å². The van der Waals surface area contributed by atoms with E-state index in [1.54, 1.807) is 18.2 Å². The molecule has 1 fully saturated rings. The number of ether oxygens (including phenoxy) is 1. The molecule has 2 aromatic rings. The summed E-state index contributed by atoms with van der Waals surface area (Å²) in [7, 11) is 0. The van der Waals surface area contributed by atoms with E-state index < -0.39 is 6.36 Å². The maximum Gasteiger partial charge on any atom is 0.573 e. The summed E-state index contributed by atoms with van der Waals surface area (Å²) in [4.78, 5) is 0. The highest BCUT2D eigenvalue weighted by molar-refractivity contribution is 5.67. The van der Waals surface area contributed by atoms with E-state index >= 15 is 0 Å². The molecule has 1 aromatic carbocycles. The fourth-order valence-corrected chi connectivity index (χ4v) is 4.08. The molecule has 2 N–H and O–H groups in total. The van der Waals surface area contributed by atoms with Gasteiger partial charge in [-0.05, 0) is 64.8 Å². The second-order valence-electron chi connectivity index (χ2n) is 8.49. The summed E-state index contributed by atoms with van der Waals surface area (Å²) in [6, 6.07) is 9.48. The zero-order valence-corrected chi connectivity index (χ0v) is 16.4. The topological polar surface area (TPSA) is 59.1 Å². The normalized spacial score (nSPS) is 19.2. The van der Waals surface area contributed by atoms with Gasteiger partial charge in [-0.3, -0.25) is 0 Å². The molecule has 1 aliphatic heterocycles. The third-order valence-corrected chi connectivity index (χ3v) is 4.60. The lowest BCUT2D eigenvalue weighted by Gasteiger charge is -2.46. The van der Waals surface area contributed by atoms with Gasteiger partial charge in [0, 0.05) is 22.7 Å². The molecule has 8 heteroatoms. The fraction of sp³-hybridized carbons (Fsp3) is 0.500. The second kappa shape index (κ2) is 7.24. The van der Waals surface area contributed by atoms with Crippen LogP contribution in [0.1, 0.15) is 40.5 Å². The molecule has 28 heavy (non-hydrogen) atoms. The van der Waals surface area contributed by atoms with Crippen LogP contribution in [0, 0.1) is 0 Å². The van der Waals surface area contributed by atoms with E-state index in [0.29, 0.717) is 11.5 Å². The molecule has 0 unspecified atom stereocenters. The smallest absolute Gasteiger partial charge is 0.405 e. The first-order chi connectivity index (χ1) is 12.9. The van der Waals surface area contributed by atoms with Crippen LogP contribution in [0.2, 0.25) is 0 Å². The van der Waals surface area contributed by atoms with Crippen LogP contribution in [-0.4, -0.2) is 33.7 Å². The van der Waals surface area contributed by atoms with Crippen molar-refractivity contribution in [1.29, 1.82) is 0 Å². The van der Waals surface area contributed by atoms with E-state index in [0.717, 1.165) is 12.8 Å². The van der Waals surface area contributed by atoms with Crippen LogP contribution >= 0.6 is 0 Å². The van der Waals surface area contributed by atoms with Crippen LogP contribution < -0.4 is 15.4 Å². The SMILES string of the molecule is CC1(C)CC(Nc2ccc(-c3ccccc3OC(F)(F)F)nn2)CC(C)(C)N1. The lowest BCUT2D eigenvalue weighted by Crippen LogP contribution is -2.60. The number of para-hydroxylation sites is 1. The summed E-state index contributed by atoms with van der Waals surface area (Å²) in [5, 5.41) is 15.3. The standard InChI is InChI=1S/C20H25F3N4O/c1-18(2)11-13(12-19(3,4)27-18)24-17-10-9-15(25-26-17)14-7-5-6-8-16(14)28-20(21,22)23/h5-10,13,27H,11-12H2,1-4H3,(H,24,26). The number of piperidine rings is 1. The van der Waals surface area contributed by atoms with Gasteiger partial charge in [0.05, 0.1) is 5.69 Å². The fourth-order valence-electron chi connectivity index (χ4n) is 4.08. The van der Waals surface area contributed by atoms with E-state index in [1.807, 2.05) is 0 Å². The zero-order valence-electron chi connectivity index (χ0n) is 16.4. The number of halogens is 3. The number of nitrogens with zero attached hydrogens (tertiary/aromatic N) is 2. The Hall–Kier alpha value is -2.35. The number of hydrogen-bond donors (Lipinski definition) is 2. The van der Waals surface area contributed by atoms with Gasteiger partial charge in [0.1, 0.15) is 11.6 Å². The molecule has 0 atom stereocenters. The number of rotatable bonds is 4. The van der Waals surface area contributed by atoms with E-state index in [4.69, 9.17) is 0 Å². The minimum absolute atomic E-state index is 0.0132. The van der Waals surface area contributed by atoms with Crippen molar-refractivity contribution in [2.75, 3.05) is 5.32 Å². The lowest BCUT2D eigenvalue weighted by molar-refractivity contribution is -0.274. The first kappa shape index (κ1) is 20.4. The third-order valence-electron chi connectivity index (χ3n) is 4.60. The first-order valence-corrected chi connectivity index (χ1v) is 9.17. The quantitative estimate of drug-likeness (QED) is 0.783. The van der Waals surface area contributed by atoms with Crippen molar-refractivity contribution in [3.63, 3.8) is 0 Å². The number of alkyl halides is 3. The van der Waals surface area contributed by atoms with Crippen molar-refractivity contribution in [3.8, 4) is 17.0 Å². The van der Waals surface area contributed by atoms with Crippen molar-refractivity contribution in [2.24, 2.45) is 0 Å². The Balaban J connectivity index is 1.76. The molecule has 3 rings (SSSR count). The largest absolute Gasteiger partial charge is 0.573 e. The van der Waals surface area contributed by atoms with E-state index in [1.165, 1.54) is 18.2 Å². The van der Waals surface area contributed by atoms with E-state index in [2.05, 4.69) is 53.3 Å². The predicted octanol–water partition coefficient (Wildman–Crippen LogP) is 4.76. The summed E-state index contributed by atoms with van der Waals surface area (Å²) in [5.74, 6) is 0.295. The Labute approximate surface area is 162 Å². The van der Waals surface area contributed by atoms with Crippen molar-refractivity contribution in [2.45, 2.75) is 64.0 Å². The van der Waals surface area contributed by atoms with Gasteiger partial charge in [-0.15, -0.1) is 23.4 Å². The minimum atomic E-state index is -4.76. The summed E-state index contributed by atoms with van der Waals surface area (Å²) in [6.45, 7) is 8.65. The van der Waals surface area contributed by atoms with Gasteiger partial charge < -0.3 is 15.4 Å². The Morgan fingerprint density at radius 3 is 2.21 bits per heavy atom. The highest BCUT2D eigenvalue weighted by Gasteiger charge is 2.37. The van der Waals surface area contributed by atoms with Crippen LogP contribution in [0.3, 0.4) is 0 Å². The Morgan fingerprint density at radius 2 is 1.64 bits per heavy atom. The lowest BCUT2D eigenvalue weighted by atomic mass is 9.79. The molecule has 0 radical (unpaired) electrons. The predicted molar refractivity (Wildman–Crippen MR) is 102 cm³/mol. The molecule has 1 aliphatic rings. The summed E-state index contributed by atoms with van der Waals surface area (Å²) in [5.41, 5.74) is 0.529. The molecule has 0 amide bonds. The van der Waals surface area contributed by atoms with Gasteiger partial charge in [0.2, 0.25) is 0 Å². The van der Waals surface area contributed by atoms with Gasteiger partial charge >= 0.3 is 6.36 Å². The number of anilines is 1. The maximum atomic E-state index is 12.6. The van der Waals surface area contributed by atoms with Gasteiger partial charge in [-0.2, -0.15) is 0 Å². The zero-order chi connectivity index (χ0) is 20.6. The minimum Gasteiger partial charge on any atom is -0.405 e. The molecule has 0 saturated carbocycles. The molecule has 1 saturated heterocycles. The molecule has 2 heterocycles. The van der Waals surface area contributed by atoms with Crippen molar-refractivity contribution >= 4 is 5.82 Å². The average Bonchev–Trinajstić information content (AvgIpc) is 2.52. The number of nitrogens with one attached hydrogen (secondary N) is 2. The van der Waals surface area contributed by atoms with Crippen LogP contribution in [0.5, 0.6) is 5.75 Å². The highest BCUT2D eigenvalue weighted by Crippen LogP contribution is 2.33. The number of hydrogen-bond acceptors (Lipinski definition) is 5. The summed E-state index contributed by atoms with van der Waals surface area (Å²) >= 11 is 0. The van der Waals surface area contributed by atoms with Crippen LogP contribution in [0.15, 0.2) is 36.4 Å². The summed E-state index contributed by atoms with van der Waals surface area (Å²) in [6.07, 6.45) is -2.93. The maximum absolute atomic E-state index is 12.6. The highest BCUT2D eigenvalue weighted by atomic mass is 19.4. The Bertz CT molecular complexity index is 803. The van der Waals surface area contributed by atoms with Crippen molar-refractivity contribution in [1.82, 2.24) is 15.5 Å². The van der Waals surface area contributed by atoms with Gasteiger partial charge in [0.15, 0.2) is 0 Å². The monoisotopic (exact) mass is 394 g/mol. The van der Waals surface area contributed by atoms with Crippen LogP contribution in [-0.2, 0) is 0 Å². The first-order valence-electron chi connectivity index (χ1n) is 9.17. The van der Waals surface area contributed by atoms with Gasteiger partial charge in [0.25, 0.3) is 0 Å². The van der Waals surface area contributed by atoms with E-state index in [9.17, 15) is 13.2 Å².